The van der Waals surface area contributed by atoms with Crippen LogP contribution < -0.4 is 14.8 Å². The van der Waals surface area contributed by atoms with Crippen molar-refractivity contribution in [1.82, 2.24) is 15.0 Å². The fraction of sp³-hybridized carbons (Fsp3) is 0.357. The highest BCUT2D eigenvalue weighted by molar-refractivity contribution is 6.30. The topological polar surface area (TPSA) is 69.2 Å². The fourth-order valence-electron chi connectivity index (χ4n) is 1.54. The Morgan fingerprint density at radius 1 is 1.14 bits per heavy atom. The van der Waals surface area contributed by atoms with E-state index in [0.29, 0.717) is 16.7 Å². The van der Waals surface area contributed by atoms with E-state index in [-0.39, 0.29) is 18.1 Å². The van der Waals surface area contributed by atoms with E-state index in [1.54, 1.807) is 19.2 Å². The van der Waals surface area contributed by atoms with Crippen LogP contribution in [0.5, 0.6) is 17.8 Å². The molecule has 0 aliphatic heterocycles. The molecule has 6 nitrogen and oxygen atoms in total. The number of rotatable bonds is 5. The van der Waals surface area contributed by atoms with E-state index in [4.69, 9.17) is 21.1 Å². The summed E-state index contributed by atoms with van der Waals surface area (Å²) in [5, 5.41) is 3.43. The van der Waals surface area contributed by atoms with E-state index in [1.165, 1.54) is 0 Å². The zero-order valence-corrected chi connectivity index (χ0v) is 13.1. The normalized spacial score (nSPS) is 10.6. The van der Waals surface area contributed by atoms with Crippen molar-refractivity contribution in [3.63, 3.8) is 0 Å². The molecule has 0 amide bonds. The first-order chi connectivity index (χ1) is 9.97. The van der Waals surface area contributed by atoms with Crippen LogP contribution in [-0.2, 0) is 0 Å². The number of hydrogen-bond donors (Lipinski definition) is 1. The van der Waals surface area contributed by atoms with Crippen molar-refractivity contribution < 1.29 is 9.47 Å². The maximum Gasteiger partial charge on any atom is 0.330 e. The number of benzene rings is 1. The summed E-state index contributed by atoms with van der Waals surface area (Å²) in [6.07, 6.45) is -0.0436. The van der Waals surface area contributed by atoms with Gasteiger partial charge in [0.25, 0.3) is 0 Å². The van der Waals surface area contributed by atoms with Gasteiger partial charge >= 0.3 is 12.0 Å². The van der Waals surface area contributed by atoms with Crippen molar-refractivity contribution in [2.45, 2.75) is 26.9 Å². The maximum atomic E-state index is 5.97. The molecular formula is C14H17ClN4O2. The third-order valence-electron chi connectivity index (χ3n) is 2.51. The molecule has 2 aromatic rings. The number of halogens is 1. The molecule has 0 fully saturated rings. The largest absolute Gasteiger partial charge is 0.461 e. The van der Waals surface area contributed by atoms with Gasteiger partial charge in [-0.05, 0) is 38.5 Å². The van der Waals surface area contributed by atoms with Crippen LogP contribution >= 0.6 is 11.6 Å². The molecule has 0 unspecified atom stereocenters. The molecule has 0 atom stereocenters. The van der Waals surface area contributed by atoms with Gasteiger partial charge in [-0.1, -0.05) is 17.7 Å². The van der Waals surface area contributed by atoms with Crippen molar-refractivity contribution in [3.05, 3.63) is 28.8 Å². The molecular weight excluding hydrogens is 292 g/mol. The summed E-state index contributed by atoms with van der Waals surface area (Å²) >= 11 is 5.97. The van der Waals surface area contributed by atoms with E-state index >= 15 is 0 Å². The summed E-state index contributed by atoms with van der Waals surface area (Å²) < 4.78 is 11.2. The van der Waals surface area contributed by atoms with Crippen molar-refractivity contribution >= 4 is 17.5 Å². The molecule has 0 saturated heterocycles. The lowest BCUT2D eigenvalue weighted by Gasteiger charge is -2.11. The van der Waals surface area contributed by atoms with Gasteiger partial charge in [0.1, 0.15) is 5.75 Å². The summed E-state index contributed by atoms with van der Waals surface area (Å²) in [6.45, 7) is 5.70. The number of ether oxygens (including phenoxy) is 2. The van der Waals surface area contributed by atoms with Crippen LogP contribution in [0.4, 0.5) is 5.95 Å². The Labute approximate surface area is 128 Å². The average Bonchev–Trinajstić information content (AvgIpc) is 2.42. The highest BCUT2D eigenvalue weighted by atomic mass is 35.5. The Morgan fingerprint density at radius 2 is 1.86 bits per heavy atom. The van der Waals surface area contributed by atoms with Gasteiger partial charge in [-0.3, -0.25) is 0 Å². The van der Waals surface area contributed by atoms with Crippen LogP contribution in [0.25, 0.3) is 0 Å². The molecule has 21 heavy (non-hydrogen) atoms. The van der Waals surface area contributed by atoms with Crippen LogP contribution in [-0.4, -0.2) is 28.1 Å². The molecule has 0 saturated carbocycles. The maximum absolute atomic E-state index is 5.97. The smallest absolute Gasteiger partial charge is 0.330 e. The van der Waals surface area contributed by atoms with E-state index in [9.17, 15) is 0 Å². The Kier molecular flexibility index (Phi) is 4.80. The Morgan fingerprint density at radius 3 is 2.52 bits per heavy atom. The molecule has 7 heteroatoms. The van der Waals surface area contributed by atoms with E-state index in [0.717, 1.165) is 5.56 Å². The van der Waals surface area contributed by atoms with Crippen molar-refractivity contribution in [3.8, 4) is 17.8 Å². The third kappa shape index (κ3) is 4.19. The summed E-state index contributed by atoms with van der Waals surface area (Å²) in [5.74, 6) is 0.960. The summed E-state index contributed by atoms with van der Waals surface area (Å²) in [7, 11) is 1.71. The first kappa shape index (κ1) is 15.3. The molecule has 0 radical (unpaired) electrons. The lowest BCUT2D eigenvalue weighted by Crippen LogP contribution is -2.11. The van der Waals surface area contributed by atoms with Gasteiger partial charge in [0, 0.05) is 12.1 Å². The van der Waals surface area contributed by atoms with Crippen LogP contribution in [0.15, 0.2) is 18.2 Å². The first-order valence-electron chi connectivity index (χ1n) is 6.52. The molecule has 0 aliphatic carbocycles. The van der Waals surface area contributed by atoms with Gasteiger partial charge in [0.2, 0.25) is 5.95 Å². The average molecular weight is 309 g/mol. The van der Waals surface area contributed by atoms with Crippen LogP contribution in [0.2, 0.25) is 5.02 Å². The molecule has 1 aromatic carbocycles. The number of hydrogen-bond acceptors (Lipinski definition) is 6. The third-order valence-corrected chi connectivity index (χ3v) is 2.75. The minimum Gasteiger partial charge on any atom is -0.461 e. The zero-order chi connectivity index (χ0) is 15.4. The van der Waals surface area contributed by atoms with Crippen LogP contribution in [0.1, 0.15) is 19.4 Å². The van der Waals surface area contributed by atoms with Gasteiger partial charge in [0.05, 0.1) is 6.10 Å². The highest BCUT2D eigenvalue weighted by Gasteiger charge is 2.11. The minimum absolute atomic E-state index is 0.0436. The van der Waals surface area contributed by atoms with Gasteiger partial charge in [0.15, 0.2) is 0 Å². The first-order valence-corrected chi connectivity index (χ1v) is 6.90. The van der Waals surface area contributed by atoms with Gasteiger partial charge < -0.3 is 14.8 Å². The fourth-order valence-corrected chi connectivity index (χ4v) is 1.70. The summed E-state index contributed by atoms with van der Waals surface area (Å²) in [6, 6.07) is 5.73. The van der Waals surface area contributed by atoms with Gasteiger partial charge in [-0.2, -0.15) is 9.97 Å². The lowest BCUT2D eigenvalue weighted by atomic mass is 10.2. The monoisotopic (exact) mass is 308 g/mol. The molecule has 1 aromatic heterocycles. The second-order valence-corrected chi connectivity index (χ2v) is 5.09. The number of aryl methyl sites for hydroxylation is 1. The van der Waals surface area contributed by atoms with Gasteiger partial charge in [-0.25, -0.2) is 0 Å². The molecule has 0 bridgehead atoms. The Bertz CT molecular complexity index is 634. The van der Waals surface area contributed by atoms with E-state index < -0.39 is 0 Å². The van der Waals surface area contributed by atoms with Crippen LogP contribution in [0.3, 0.4) is 0 Å². The number of nitrogens with zero attached hydrogens (tertiary/aromatic N) is 3. The predicted octanol–water partition coefficient (Wildman–Crippen LogP) is 3.45. The van der Waals surface area contributed by atoms with Crippen molar-refractivity contribution in [1.29, 1.82) is 0 Å². The van der Waals surface area contributed by atoms with E-state index in [1.807, 2.05) is 26.8 Å². The standard InChI is InChI=1S/C14H17ClN4O2/c1-8(2)20-13-17-12(16-4)18-14(19-13)21-11-7-10(15)6-5-9(11)3/h5-8H,1-4H3,(H,16,17,18,19). The molecule has 1 heterocycles. The lowest BCUT2D eigenvalue weighted by molar-refractivity contribution is 0.218. The molecule has 1 N–H and O–H groups in total. The summed E-state index contributed by atoms with van der Waals surface area (Å²) in [4.78, 5) is 12.4. The quantitative estimate of drug-likeness (QED) is 0.912. The zero-order valence-electron chi connectivity index (χ0n) is 12.3. The van der Waals surface area contributed by atoms with Crippen LogP contribution in [0, 0.1) is 6.92 Å². The SMILES string of the molecule is CNc1nc(Oc2cc(Cl)ccc2C)nc(OC(C)C)n1. The molecule has 0 spiro atoms. The Hall–Kier alpha value is -2.08. The van der Waals surface area contributed by atoms with Crippen molar-refractivity contribution in [2.75, 3.05) is 12.4 Å². The molecule has 112 valence electrons. The number of anilines is 1. The molecule has 0 aliphatic rings. The Balaban J connectivity index is 2.32. The second kappa shape index (κ2) is 6.58. The van der Waals surface area contributed by atoms with Crippen molar-refractivity contribution in [2.24, 2.45) is 0 Å². The minimum atomic E-state index is -0.0436. The number of aromatic nitrogens is 3. The van der Waals surface area contributed by atoms with Gasteiger partial charge in [-0.15, -0.1) is 4.98 Å². The molecule has 2 rings (SSSR count). The number of nitrogens with one attached hydrogen (secondary N) is 1. The van der Waals surface area contributed by atoms with E-state index in [2.05, 4.69) is 20.3 Å². The summed E-state index contributed by atoms with van der Waals surface area (Å²) in [5.41, 5.74) is 0.928. The second-order valence-electron chi connectivity index (χ2n) is 4.65. The highest BCUT2D eigenvalue weighted by Crippen LogP contribution is 2.27. The predicted molar refractivity (Wildman–Crippen MR) is 81.4 cm³/mol.